The third-order valence-corrected chi connectivity index (χ3v) is 4.19. The van der Waals surface area contributed by atoms with Crippen molar-refractivity contribution in [2.75, 3.05) is 13.2 Å². The summed E-state index contributed by atoms with van der Waals surface area (Å²) in [5.74, 6) is 1.32. The van der Waals surface area contributed by atoms with Crippen LogP contribution in [0.25, 0.3) is 0 Å². The van der Waals surface area contributed by atoms with Gasteiger partial charge in [-0.3, -0.25) is 4.79 Å². The molecule has 1 unspecified atom stereocenters. The van der Waals surface area contributed by atoms with Crippen LogP contribution in [-0.2, 0) is 9.53 Å². The maximum absolute atomic E-state index is 11.0. The van der Waals surface area contributed by atoms with E-state index in [2.05, 4.69) is 20.8 Å². The molecule has 3 atom stereocenters. The Hall–Kier alpha value is -0.570. The van der Waals surface area contributed by atoms with Crippen LogP contribution >= 0.6 is 0 Å². The van der Waals surface area contributed by atoms with Crippen LogP contribution < -0.4 is 0 Å². The van der Waals surface area contributed by atoms with Crippen molar-refractivity contribution in [3.05, 3.63) is 0 Å². The second kappa shape index (κ2) is 5.85. The quantitative estimate of drug-likeness (QED) is 0.771. The minimum absolute atomic E-state index is 0.119. The lowest BCUT2D eigenvalue weighted by atomic mass is 9.60. The second-order valence-electron chi connectivity index (χ2n) is 6.04. The highest BCUT2D eigenvalue weighted by atomic mass is 16.5. The predicted molar refractivity (Wildman–Crippen MR) is 67.5 cm³/mol. The van der Waals surface area contributed by atoms with E-state index in [0.29, 0.717) is 24.4 Å². The van der Waals surface area contributed by atoms with Gasteiger partial charge in [0.25, 0.3) is 0 Å². The molecule has 0 bridgehead atoms. The SMILES string of the molecule is CC(=O)OCC1(CO)C[C@H](C)CC[C@H]1C(C)C. The molecule has 0 aliphatic heterocycles. The number of carbonyl (C=O) groups is 1. The molecule has 17 heavy (non-hydrogen) atoms. The van der Waals surface area contributed by atoms with Crippen LogP contribution in [0.2, 0.25) is 0 Å². The Labute approximate surface area is 105 Å². The summed E-state index contributed by atoms with van der Waals surface area (Å²) < 4.78 is 5.21. The van der Waals surface area contributed by atoms with Gasteiger partial charge < -0.3 is 9.84 Å². The van der Waals surface area contributed by atoms with Crippen LogP contribution in [0, 0.1) is 23.2 Å². The molecule has 0 heterocycles. The smallest absolute Gasteiger partial charge is 0.302 e. The van der Waals surface area contributed by atoms with Crippen LogP contribution in [0.15, 0.2) is 0 Å². The summed E-state index contributed by atoms with van der Waals surface area (Å²) in [5, 5.41) is 9.80. The number of esters is 1. The van der Waals surface area contributed by atoms with Gasteiger partial charge in [0.15, 0.2) is 0 Å². The van der Waals surface area contributed by atoms with Gasteiger partial charge in [-0.05, 0) is 30.6 Å². The Bertz CT molecular complexity index is 262. The number of ether oxygens (including phenoxy) is 1. The summed E-state index contributed by atoms with van der Waals surface area (Å²) >= 11 is 0. The number of aliphatic hydroxyl groups excluding tert-OH is 1. The number of rotatable bonds is 4. The van der Waals surface area contributed by atoms with Crippen molar-refractivity contribution in [2.24, 2.45) is 23.2 Å². The molecule has 0 aromatic heterocycles. The lowest BCUT2D eigenvalue weighted by molar-refractivity contribution is -0.151. The van der Waals surface area contributed by atoms with Gasteiger partial charge >= 0.3 is 5.97 Å². The first-order chi connectivity index (χ1) is 7.91. The molecular weight excluding hydrogens is 216 g/mol. The van der Waals surface area contributed by atoms with E-state index < -0.39 is 0 Å². The van der Waals surface area contributed by atoms with Crippen molar-refractivity contribution in [3.63, 3.8) is 0 Å². The molecule has 3 nitrogen and oxygen atoms in total. The number of carbonyl (C=O) groups excluding carboxylic acids is 1. The summed E-state index contributed by atoms with van der Waals surface area (Å²) in [6.07, 6.45) is 3.30. The highest BCUT2D eigenvalue weighted by Gasteiger charge is 2.44. The first-order valence-corrected chi connectivity index (χ1v) is 6.65. The van der Waals surface area contributed by atoms with Crippen LogP contribution in [0.1, 0.15) is 47.0 Å². The third kappa shape index (κ3) is 3.44. The van der Waals surface area contributed by atoms with Crippen LogP contribution in [-0.4, -0.2) is 24.3 Å². The molecule has 100 valence electrons. The summed E-state index contributed by atoms with van der Waals surface area (Å²) in [6, 6.07) is 0. The molecule has 0 spiro atoms. The zero-order valence-electron chi connectivity index (χ0n) is 11.5. The van der Waals surface area contributed by atoms with Crippen molar-refractivity contribution in [1.82, 2.24) is 0 Å². The fraction of sp³-hybridized carbons (Fsp3) is 0.929. The van der Waals surface area contributed by atoms with Gasteiger partial charge in [0, 0.05) is 12.3 Å². The van der Waals surface area contributed by atoms with Crippen molar-refractivity contribution >= 4 is 5.97 Å². The van der Waals surface area contributed by atoms with E-state index in [0.717, 1.165) is 12.8 Å². The first kappa shape index (κ1) is 14.5. The van der Waals surface area contributed by atoms with E-state index in [-0.39, 0.29) is 18.0 Å². The number of hydrogen-bond donors (Lipinski definition) is 1. The molecule has 0 radical (unpaired) electrons. The molecule has 0 aromatic rings. The minimum atomic E-state index is -0.251. The molecule has 0 amide bonds. The fourth-order valence-corrected chi connectivity index (χ4v) is 3.40. The number of aliphatic hydroxyl groups is 1. The largest absolute Gasteiger partial charge is 0.465 e. The normalized spacial score (nSPS) is 33.8. The summed E-state index contributed by atoms with van der Waals surface area (Å²) in [4.78, 5) is 11.0. The van der Waals surface area contributed by atoms with E-state index in [4.69, 9.17) is 4.74 Å². The van der Waals surface area contributed by atoms with E-state index >= 15 is 0 Å². The van der Waals surface area contributed by atoms with Crippen molar-refractivity contribution in [1.29, 1.82) is 0 Å². The Morgan fingerprint density at radius 2 is 2.12 bits per heavy atom. The maximum Gasteiger partial charge on any atom is 0.302 e. The Morgan fingerprint density at radius 3 is 2.59 bits per heavy atom. The molecule has 0 aromatic carbocycles. The van der Waals surface area contributed by atoms with Crippen molar-refractivity contribution < 1.29 is 14.6 Å². The Balaban J connectivity index is 2.83. The molecular formula is C14H26O3. The Morgan fingerprint density at radius 1 is 1.47 bits per heavy atom. The van der Waals surface area contributed by atoms with Crippen LogP contribution in [0.5, 0.6) is 0 Å². The van der Waals surface area contributed by atoms with Gasteiger partial charge in [-0.1, -0.05) is 27.2 Å². The molecule has 0 saturated heterocycles. The zero-order chi connectivity index (χ0) is 13.1. The van der Waals surface area contributed by atoms with E-state index in [1.54, 1.807) is 0 Å². The predicted octanol–water partition coefficient (Wildman–Crippen LogP) is 2.62. The minimum Gasteiger partial charge on any atom is -0.465 e. The van der Waals surface area contributed by atoms with E-state index in [1.807, 2.05) is 0 Å². The average molecular weight is 242 g/mol. The van der Waals surface area contributed by atoms with Crippen molar-refractivity contribution in [2.45, 2.75) is 47.0 Å². The van der Waals surface area contributed by atoms with E-state index in [1.165, 1.54) is 13.3 Å². The topological polar surface area (TPSA) is 46.5 Å². The summed E-state index contributed by atoms with van der Waals surface area (Å²) in [7, 11) is 0. The lowest BCUT2D eigenvalue weighted by Gasteiger charge is -2.46. The lowest BCUT2D eigenvalue weighted by Crippen LogP contribution is -2.46. The molecule has 1 aliphatic rings. The van der Waals surface area contributed by atoms with Gasteiger partial charge in [-0.15, -0.1) is 0 Å². The highest BCUT2D eigenvalue weighted by molar-refractivity contribution is 5.65. The third-order valence-electron chi connectivity index (χ3n) is 4.19. The summed E-state index contributed by atoms with van der Waals surface area (Å²) in [6.45, 7) is 8.52. The fourth-order valence-electron chi connectivity index (χ4n) is 3.40. The van der Waals surface area contributed by atoms with Crippen LogP contribution in [0.3, 0.4) is 0 Å². The first-order valence-electron chi connectivity index (χ1n) is 6.65. The summed E-state index contributed by atoms with van der Waals surface area (Å²) in [5.41, 5.74) is -0.225. The van der Waals surface area contributed by atoms with Gasteiger partial charge in [0.1, 0.15) is 0 Å². The second-order valence-corrected chi connectivity index (χ2v) is 6.04. The monoisotopic (exact) mass is 242 g/mol. The van der Waals surface area contributed by atoms with E-state index in [9.17, 15) is 9.90 Å². The highest BCUT2D eigenvalue weighted by Crippen LogP contribution is 2.47. The van der Waals surface area contributed by atoms with Gasteiger partial charge in [0.05, 0.1) is 13.2 Å². The van der Waals surface area contributed by atoms with Crippen molar-refractivity contribution in [3.8, 4) is 0 Å². The molecule has 1 saturated carbocycles. The van der Waals surface area contributed by atoms with Gasteiger partial charge in [-0.25, -0.2) is 0 Å². The van der Waals surface area contributed by atoms with Crippen LogP contribution in [0.4, 0.5) is 0 Å². The van der Waals surface area contributed by atoms with Gasteiger partial charge in [0.2, 0.25) is 0 Å². The Kier molecular flexibility index (Phi) is 4.99. The number of hydrogen-bond acceptors (Lipinski definition) is 3. The maximum atomic E-state index is 11.0. The standard InChI is InChI=1S/C14H26O3/c1-10(2)13-6-5-11(3)7-14(13,8-15)9-17-12(4)16/h10-11,13,15H,5-9H2,1-4H3/t11-,13+,14?/m1/s1. The zero-order valence-corrected chi connectivity index (χ0v) is 11.5. The molecule has 1 fully saturated rings. The molecule has 1 aliphatic carbocycles. The molecule has 1 rings (SSSR count). The average Bonchev–Trinajstić information content (AvgIpc) is 2.25. The molecule has 3 heteroatoms. The molecule has 1 N–H and O–H groups in total. The van der Waals surface area contributed by atoms with Gasteiger partial charge in [-0.2, -0.15) is 0 Å².